The third kappa shape index (κ3) is 6.36. The van der Waals surface area contributed by atoms with Gasteiger partial charge in [0.15, 0.2) is 6.29 Å². The monoisotopic (exact) mass is 246 g/mol. The van der Waals surface area contributed by atoms with Crippen molar-refractivity contribution in [3.05, 3.63) is 0 Å². The predicted octanol–water partition coefficient (Wildman–Crippen LogP) is 1.69. The number of nitrogens with two attached hydrogens (primary N) is 1. The summed E-state index contributed by atoms with van der Waals surface area (Å²) in [5.74, 6) is 0.701. The molecule has 0 radical (unpaired) electrons. The average Bonchev–Trinajstić information content (AvgIpc) is 2.37. The zero-order valence-corrected chi connectivity index (χ0v) is 12.1. The molecule has 0 aliphatic heterocycles. The highest BCUT2D eigenvalue weighted by Crippen LogP contribution is 2.13. The number of methoxy groups -OCH3 is 2. The van der Waals surface area contributed by atoms with Gasteiger partial charge in [0.2, 0.25) is 0 Å². The number of ether oxygens (including phenoxy) is 2. The lowest BCUT2D eigenvalue weighted by atomic mass is 10.1. The number of likely N-dealkylation sites (N-methyl/N-ethyl adjacent to an activating group) is 1. The van der Waals surface area contributed by atoms with Crippen molar-refractivity contribution < 1.29 is 9.47 Å². The molecule has 2 unspecified atom stereocenters. The van der Waals surface area contributed by atoms with Crippen LogP contribution in [0.2, 0.25) is 0 Å². The Labute approximate surface area is 106 Å². The zero-order chi connectivity index (χ0) is 13.3. The van der Waals surface area contributed by atoms with Crippen LogP contribution in [0.3, 0.4) is 0 Å². The van der Waals surface area contributed by atoms with E-state index in [0.29, 0.717) is 18.5 Å². The minimum Gasteiger partial charge on any atom is -0.356 e. The number of rotatable bonds is 10. The predicted molar refractivity (Wildman–Crippen MR) is 72.0 cm³/mol. The largest absolute Gasteiger partial charge is 0.356 e. The first-order valence-corrected chi connectivity index (χ1v) is 6.62. The van der Waals surface area contributed by atoms with E-state index in [0.717, 1.165) is 19.5 Å². The zero-order valence-electron chi connectivity index (χ0n) is 12.1. The summed E-state index contributed by atoms with van der Waals surface area (Å²) >= 11 is 0. The van der Waals surface area contributed by atoms with Gasteiger partial charge in [0, 0.05) is 39.8 Å². The quantitative estimate of drug-likeness (QED) is 0.596. The van der Waals surface area contributed by atoms with Gasteiger partial charge in [0.25, 0.3) is 0 Å². The molecule has 4 heteroatoms. The molecule has 0 aliphatic carbocycles. The maximum absolute atomic E-state index is 5.87. The number of hydrogen-bond acceptors (Lipinski definition) is 4. The summed E-state index contributed by atoms with van der Waals surface area (Å²) in [5, 5.41) is 0. The van der Waals surface area contributed by atoms with E-state index in [1.165, 1.54) is 6.42 Å². The average molecular weight is 246 g/mol. The summed E-state index contributed by atoms with van der Waals surface area (Å²) in [6.07, 6.45) is 1.87. The molecular weight excluding hydrogens is 216 g/mol. The Morgan fingerprint density at radius 1 is 1.18 bits per heavy atom. The van der Waals surface area contributed by atoms with Crippen LogP contribution in [0.1, 0.15) is 33.6 Å². The Morgan fingerprint density at radius 2 is 1.76 bits per heavy atom. The second-order valence-electron chi connectivity index (χ2n) is 4.63. The summed E-state index contributed by atoms with van der Waals surface area (Å²) in [4.78, 5) is 2.43. The van der Waals surface area contributed by atoms with Gasteiger partial charge in [-0.05, 0) is 12.5 Å². The summed E-state index contributed by atoms with van der Waals surface area (Å²) in [5.41, 5.74) is 5.87. The van der Waals surface area contributed by atoms with Crippen molar-refractivity contribution >= 4 is 0 Å². The first-order valence-electron chi connectivity index (χ1n) is 6.62. The third-order valence-corrected chi connectivity index (χ3v) is 3.43. The van der Waals surface area contributed by atoms with E-state index in [9.17, 15) is 0 Å². The molecule has 17 heavy (non-hydrogen) atoms. The minimum atomic E-state index is -0.158. The van der Waals surface area contributed by atoms with E-state index in [-0.39, 0.29) is 6.29 Å². The van der Waals surface area contributed by atoms with E-state index in [1.54, 1.807) is 14.2 Å². The van der Waals surface area contributed by atoms with E-state index in [4.69, 9.17) is 15.2 Å². The Kier molecular flexibility index (Phi) is 9.74. The van der Waals surface area contributed by atoms with Crippen LogP contribution in [0.4, 0.5) is 0 Å². The molecule has 0 bridgehead atoms. The molecule has 0 aromatic carbocycles. The van der Waals surface area contributed by atoms with Gasteiger partial charge in [-0.3, -0.25) is 4.90 Å². The highest BCUT2D eigenvalue weighted by molar-refractivity contribution is 4.74. The lowest BCUT2D eigenvalue weighted by Crippen LogP contribution is -2.45. The van der Waals surface area contributed by atoms with Gasteiger partial charge in [-0.1, -0.05) is 27.2 Å². The van der Waals surface area contributed by atoms with Crippen LogP contribution >= 0.6 is 0 Å². The van der Waals surface area contributed by atoms with Crippen molar-refractivity contribution in [2.75, 3.05) is 33.9 Å². The maximum atomic E-state index is 5.87. The molecule has 4 nitrogen and oxygen atoms in total. The summed E-state index contributed by atoms with van der Waals surface area (Å²) in [7, 11) is 3.35. The standard InChI is InChI=1S/C13H30N2O2/c1-6-11(3)10-15(7-2)12(9-14)8-13(16-4)17-5/h11-13H,6-10,14H2,1-5H3. The molecule has 2 N–H and O–H groups in total. The van der Waals surface area contributed by atoms with Gasteiger partial charge in [0.05, 0.1) is 0 Å². The van der Waals surface area contributed by atoms with Crippen LogP contribution in [-0.2, 0) is 9.47 Å². The fourth-order valence-corrected chi connectivity index (χ4v) is 1.97. The van der Waals surface area contributed by atoms with Crippen LogP contribution < -0.4 is 5.73 Å². The van der Waals surface area contributed by atoms with Gasteiger partial charge < -0.3 is 15.2 Å². The highest BCUT2D eigenvalue weighted by Gasteiger charge is 2.21. The SMILES string of the molecule is CCC(C)CN(CC)C(CN)CC(OC)OC. The minimum absolute atomic E-state index is 0.158. The summed E-state index contributed by atoms with van der Waals surface area (Å²) < 4.78 is 10.5. The Morgan fingerprint density at radius 3 is 2.12 bits per heavy atom. The molecule has 0 heterocycles. The molecule has 0 aliphatic rings. The molecule has 0 rings (SSSR count). The van der Waals surface area contributed by atoms with Crippen molar-refractivity contribution in [3.63, 3.8) is 0 Å². The van der Waals surface area contributed by atoms with E-state index >= 15 is 0 Å². The smallest absolute Gasteiger partial charge is 0.158 e. The summed E-state index contributed by atoms with van der Waals surface area (Å²) in [6.45, 7) is 9.44. The fourth-order valence-electron chi connectivity index (χ4n) is 1.97. The van der Waals surface area contributed by atoms with Gasteiger partial charge >= 0.3 is 0 Å². The summed E-state index contributed by atoms with van der Waals surface area (Å²) in [6, 6.07) is 0.332. The number of nitrogens with zero attached hydrogens (tertiary/aromatic N) is 1. The first kappa shape index (κ1) is 16.8. The normalized spacial score (nSPS) is 15.5. The molecular formula is C13H30N2O2. The Hall–Kier alpha value is -0.160. The van der Waals surface area contributed by atoms with Crippen LogP contribution in [0.5, 0.6) is 0 Å². The lowest BCUT2D eigenvalue weighted by molar-refractivity contribution is -0.116. The molecule has 0 aromatic heterocycles. The maximum Gasteiger partial charge on any atom is 0.158 e. The van der Waals surface area contributed by atoms with Gasteiger partial charge in [-0.2, -0.15) is 0 Å². The number of hydrogen-bond donors (Lipinski definition) is 1. The van der Waals surface area contributed by atoms with Gasteiger partial charge in [-0.25, -0.2) is 0 Å². The van der Waals surface area contributed by atoms with E-state index in [1.807, 2.05) is 0 Å². The fraction of sp³-hybridized carbons (Fsp3) is 1.00. The Balaban J connectivity index is 4.36. The topological polar surface area (TPSA) is 47.7 Å². The van der Waals surface area contributed by atoms with Gasteiger partial charge in [0.1, 0.15) is 0 Å². The molecule has 0 saturated heterocycles. The van der Waals surface area contributed by atoms with Crippen molar-refractivity contribution in [1.82, 2.24) is 4.90 Å². The van der Waals surface area contributed by atoms with Gasteiger partial charge in [-0.15, -0.1) is 0 Å². The van der Waals surface area contributed by atoms with E-state index in [2.05, 4.69) is 25.7 Å². The second-order valence-corrected chi connectivity index (χ2v) is 4.63. The van der Waals surface area contributed by atoms with Crippen LogP contribution in [0.25, 0.3) is 0 Å². The van der Waals surface area contributed by atoms with E-state index < -0.39 is 0 Å². The molecule has 104 valence electrons. The first-order chi connectivity index (χ1) is 8.12. The molecule has 0 fully saturated rings. The lowest BCUT2D eigenvalue weighted by Gasteiger charge is -2.33. The molecule has 0 saturated carbocycles. The molecule has 2 atom stereocenters. The highest BCUT2D eigenvalue weighted by atomic mass is 16.7. The Bertz CT molecular complexity index is 175. The van der Waals surface area contributed by atoms with Crippen molar-refractivity contribution in [2.45, 2.75) is 45.9 Å². The molecule has 0 amide bonds. The van der Waals surface area contributed by atoms with Crippen LogP contribution in [0.15, 0.2) is 0 Å². The molecule has 0 aromatic rings. The van der Waals surface area contributed by atoms with Crippen molar-refractivity contribution in [3.8, 4) is 0 Å². The van der Waals surface area contributed by atoms with Crippen molar-refractivity contribution in [1.29, 1.82) is 0 Å². The van der Waals surface area contributed by atoms with Crippen LogP contribution in [0, 0.1) is 5.92 Å². The molecule has 0 spiro atoms. The second kappa shape index (κ2) is 9.83. The van der Waals surface area contributed by atoms with Crippen molar-refractivity contribution in [2.24, 2.45) is 11.7 Å². The van der Waals surface area contributed by atoms with Crippen LogP contribution in [-0.4, -0.2) is 51.1 Å². The third-order valence-electron chi connectivity index (χ3n) is 3.43.